The largest absolute Gasteiger partial charge is 0.440 e. The molecule has 0 aromatic carbocycles. The van der Waals surface area contributed by atoms with Crippen molar-refractivity contribution in [2.45, 2.75) is 89.1 Å². The molecule has 13 nitrogen and oxygen atoms in total. The average molecular weight is 677 g/mol. The molecule has 1 amide bonds. The summed E-state index contributed by atoms with van der Waals surface area (Å²) in [7, 11) is 6.84. The standard InChI is InChI=1S/C34H68N4O9/c1-41-22-10-5-16-35-20-15-31-29(27-36-17-6-11-23-42-2)30(28-37-18-7-12-24-43-3)32(33(46-31)45-26-14-9-21-39)47-34(40)38-19-8-13-25-44-4/h21,29-33,35-37H,5-20,22-28H2,1-4H3,(H,38,40). The first kappa shape index (κ1) is 43.6. The molecule has 0 bridgehead atoms. The molecule has 0 saturated carbocycles. The van der Waals surface area contributed by atoms with Crippen molar-refractivity contribution in [3.8, 4) is 0 Å². The van der Waals surface area contributed by atoms with E-state index in [0.717, 1.165) is 117 Å². The molecule has 0 radical (unpaired) electrons. The van der Waals surface area contributed by atoms with Crippen molar-refractivity contribution in [1.29, 1.82) is 0 Å². The van der Waals surface area contributed by atoms with Crippen LogP contribution < -0.4 is 21.3 Å². The summed E-state index contributed by atoms with van der Waals surface area (Å²) in [5.41, 5.74) is 0. The molecule has 0 aromatic rings. The van der Waals surface area contributed by atoms with Gasteiger partial charge in [-0.25, -0.2) is 4.79 Å². The molecule has 1 heterocycles. The number of hydrogen-bond donors (Lipinski definition) is 4. The van der Waals surface area contributed by atoms with Gasteiger partial charge in [0.2, 0.25) is 0 Å². The van der Waals surface area contributed by atoms with Crippen LogP contribution in [0, 0.1) is 11.8 Å². The summed E-state index contributed by atoms with van der Waals surface area (Å²) >= 11 is 0. The first-order chi connectivity index (χ1) is 23.1. The number of aldehydes is 1. The molecule has 1 fully saturated rings. The summed E-state index contributed by atoms with van der Waals surface area (Å²) in [6, 6.07) is 0. The summed E-state index contributed by atoms with van der Waals surface area (Å²) in [5, 5.41) is 13.8. The molecule has 0 aromatic heterocycles. The zero-order chi connectivity index (χ0) is 34.2. The van der Waals surface area contributed by atoms with Gasteiger partial charge in [-0.05, 0) is 90.4 Å². The minimum absolute atomic E-state index is 0.0634. The molecular weight excluding hydrogens is 608 g/mol. The van der Waals surface area contributed by atoms with Crippen LogP contribution >= 0.6 is 0 Å². The van der Waals surface area contributed by atoms with E-state index in [2.05, 4.69) is 21.3 Å². The number of ether oxygens (including phenoxy) is 7. The van der Waals surface area contributed by atoms with E-state index >= 15 is 0 Å². The van der Waals surface area contributed by atoms with Crippen molar-refractivity contribution in [3.63, 3.8) is 0 Å². The van der Waals surface area contributed by atoms with E-state index in [0.29, 0.717) is 39.1 Å². The van der Waals surface area contributed by atoms with E-state index in [-0.39, 0.29) is 17.9 Å². The predicted octanol–water partition coefficient (Wildman–Crippen LogP) is 2.90. The van der Waals surface area contributed by atoms with Gasteiger partial charge in [-0.15, -0.1) is 0 Å². The summed E-state index contributed by atoms with van der Waals surface area (Å²) in [6.45, 7) is 8.46. The molecule has 47 heavy (non-hydrogen) atoms. The Balaban J connectivity index is 3.14. The number of alkyl carbamates (subject to hydrolysis) is 1. The molecule has 0 aliphatic carbocycles. The number of methoxy groups -OCH3 is 4. The SMILES string of the molecule is COCCCCNCCC1OC(OCCCC=O)C(OC(=O)NCCCCOC)C(CNCCCCOC)C1CNCCCCOC. The van der Waals surface area contributed by atoms with Crippen LogP contribution in [0.2, 0.25) is 0 Å². The maximum atomic E-state index is 13.1. The number of unbranched alkanes of at least 4 members (excludes halogenated alkanes) is 5. The second kappa shape index (κ2) is 31.8. The van der Waals surface area contributed by atoms with Crippen LogP contribution in [0.5, 0.6) is 0 Å². The average Bonchev–Trinajstić information content (AvgIpc) is 3.07. The van der Waals surface area contributed by atoms with E-state index in [4.69, 9.17) is 33.2 Å². The lowest BCUT2D eigenvalue weighted by Crippen LogP contribution is -2.59. The lowest BCUT2D eigenvalue weighted by atomic mass is 9.79. The van der Waals surface area contributed by atoms with Gasteiger partial charge in [-0.1, -0.05) is 0 Å². The molecule has 278 valence electrons. The van der Waals surface area contributed by atoms with Gasteiger partial charge in [-0.2, -0.15) is 0 Å². The zero-order valence-electron chi connectivity index (χ0n) is 29.9. The lowest BCUT2D eigenvalue weighted by molar-refractivity contribution is -0.272. The first-order valence-electron chi connectivity index (χ1n) is 17.9. The molecular formula is C34H68N4O9. The van der Waals surface area contributed by atoms with Crippen LogP contribution in [0.3, 0.4) is 0 Å². The fourth-order valence-corrected chi connectivity index (χ4v) is 5.67. The second-order valence-corrected chi connectivity index (χ2v) is 12.1. The van der Waals surface area contributed by atoms with Gasteiger partial charge in [0.05, 0.1) is 12.7 Å². The van der Waals surface area contributed by atoms with Gasteiger partial charge < -0.3 is 59.2 Å². The Kier molecular flexibility index (Phi) is 29.5. The van der Waals surface area contributed by atoms with Crippen LogP contribution in [0.15, 0.2) is 0 Å². The van der Waals surface area contributed by atoms with Crippen molar-refractivity contribution < 1.29 is 42.7 Å². The molecule has 0 spiro atoms. The Morgan fingerprint density at radius 1 is 0.638 bits per heavy atom. The quantitative estimate of drug-likeness (QED) is 0.0599. The Labute approximate surface area is 284 Å². The maximum absolute atomic E-state index is 13.1. The molecule has 13 heteroatoms. The van der Waals surface area contributed by atoms with Crippen LogP contribution in [-0.2, 0) is 38.0 Å². The molecule has 4 N–H and O–H groups in total. The highest BCUT2D eigenvalue weighted by atomic mass is 16.7. The Morgan fingerprint density at radius 3 is 1.72 bits per heavy atom. The topological polar surface area (TPSA) is 147 Å². The van der Waals surface area contributed by atoms with Crippen LogP contribution in [-0.4, -0.2) is 138 Å². The molecule has 1 aliphatic heterocycles. The number of carbonyl (C=O) groups is 2. The normalized spacial score (nSPS) is 21.1. The third kappa shape index (κ3) is 22.0. The monoisotopic (exact) mass is 676 g/mol. The molecule has 1 aliphatic rings. The third-order valence-electron chi connectivity index (χ3n) is 8.28. The minimum atomic E-state index is -0.745. The van der Waals surface area contributed by atoms with Crippen molar-refractivity contribution in [3.05, 3.63) is 0 Å². The van der Waals surface area contributed by atoms with Crippen molar-refractivity contribution >= 4 is 12.4 Å². The fraction of sp³-hybridized carbons (Fsp3) is 0.941. The third-order valence-corrected chi connectivity index (χ3v) is 8.28. The van der Waals surface area contributed by atoms with E-state index in [1.54, 1.807) is 28.4 Å². The van der Waals surface area contributed by atoms with E-state index in [1.165, 1.54) is 0 Å². The number of hydrogen-bond acceptors (Lipinski definition) is 12. The number of nitrogens with one attached hydrogen (secondary N) is 4. The van der Waals surface area contributed by atoms with Gasteiger partial charge >= 0.3 is 6.09 Å². The number of carbonyl (C=O) groups excluding carboxylic acids is 2. The molecule has 5 unspecified atom stereocenters. The van der Waals surface area contributed by atoms with E-state index in [9.17, 15) is 9.59 Å². The minimum Gasteiger partial charge on any atom is -0.440 e. The van der Waals surface area contributed by atoms with Gasteiger partial charge in [-0.3, -0.25) is 0 Å². The lowest BCUT2D eigenvalue weighted by Gasteiger charge is -2.46. The zero-order valence-corrected chi connectivity index (χ0v) is 29.9. The maximum Gasteiger partial charge on any atom is 0.407 e. The van der Waals surface area contributed by atoms with Crippen LogP contribution in [0.1, 0.15) is 70.6 Å². The fourth-order valence-electron chi connectivity index (χ4n) is 5.67. The van der Waals surface area contributed by atoms with Crippen LogP contribution in [0.4, 0.5) is 4.79 Å². The number of amides is 1. The van der Waals surface area contributed by atoms with Crippen molar-refractivity contribution in [1.82, 2.24) is 21.3 Å². The molecule has 5 atom stereocenters. The van der Waals surface area contributed by atoms with E-state index in [1.807, 2.05) is 0 Å². The summed E-state index contributed by atoms with van der Waals surface area (Å²) in [6.07, 6.45) is 8.31. The smallest absolute Gasteiger partial charge is 0.407 e. The van der Waals surface area contributed by atoms with Crippen molar-refractivity contribution in [2.75, 3.05) is 107 Å². The summed E-state index contributed by atoms with van der Waals surface area (Å²) < 4.78 is 39.8. The summed E-state index contributed by atoms with van der Waals surface area (Å²) in [4.78, 5) is 24.1. The Morgan fingerprint density at radius 2 is 1.17 bits per heavy atom. The van der Waals surface area contributed by atoms with Crippen LogP contribution in [0.25, 0.3) is 0 Å². The highest BCUT2D eigenvalue weighted by molar-refractivity contribution is 5.67. The Hall–Kier alpha value is -1.42. The van der Waals surface area contributed by atoms with E-state index < -0.39 is 18.5 Å². The van der Waals surface area contributed by atoms with Gasteiger partial charge in [0.25, 0.3) is 0 Å². The highest BCUT2D eigenvalue weighted by Gasteiger charge is 2.47. The first-order valence-corrected chi connectivity index (χ1v) is 17.9. The van der Waals surface area contributed by atoms with Gasteiger partial charge in [0.15, 0.2) is 12.4 Å². The molecule has 1 saturated heterocycles. The van der Waals surface area contributed by atoms with Gasteiger partial charge in [0.1, 0.15) is 6.29 Å². The van der Waals surface area contributed by atoms with Gasteiger partial charge in [0, 0.05) is 92.8 Å². The Bertz CT molecular complexity index is 725. The number of rotatable bonds is 33. The highest BCUT2D eigenvalue weighted by Crippen LogP contribution is 2.35. The second-order valence-electron chi connectivity index (χ2n) is 12.1. The van der Waals surface area contributed by atoms with Crippen molar-refractivity contribution in [2.24, 2.45) is 11.8 Å². The summed E-state index contributed by atoms with van der Waals surface area (Å²) in [5.74, 6) is -0.00631. The molecule has 1 rings (SSSR count). The predicted molar refractivity (Wildman–Crippen MR) is 183 cm³/mol.